The summed E-state index contributed by atoms with van der Waals surface area (Å²) in [5, 5.41) is 0. The van der Waals surface area contributed by atoms with Crippen molar-refractivity contribution >= 4 is 26.0 Å². The Morgan fingerprint density at radius 2 is 1.95 bits per heavy atom. The summed E-state index contributed by atoms with van der Waals surface area (Å²) in [6.07, 6.45) is 3.06. The van der Waals surface area contributed by atoms with E-state index in [1.54, 1.807) is 37.4 Å². The van der Waals surface area contributed by atoms with Gasteiger partial charge in [0.25, 0.3) is 0 Å². The minimum absolute atomic E-state index is 0.248. The molecule has 5 nitrogen and oxygen atoms in total. The molecule has 0 saturated carbocycles. The molecule has 1 aromatic carbocycles. The first-order valence-corrected chi connectivity index (χ1v) is 8.53. The van der Waals surface area contributed by atoms with Gasteiger partial charge in [0, 0.05) is 30.2 Å². The van der Waals surface area contributed by atoms with Gasteiger partial charge in [-0.25, -0.2) is 8.42 Å². The summed E-state index contributed by atoms with van der Waals surface area (Å²) < 4.78 is 37.6. The summed E-state index contributed by atoms with van der Waals surface area (Å²) in [4.78, 5) is 0.255. The van der Waals surface area contributed by atoms with Crippen LogP contribution in [0.3, 0.4) is 0 Å². The molecule has 114 valence electrons. The zero-order chi connectivity index (χ0) is 15.3. The number of sulfonamides is 1. The summed E-state index contributed by atoms with van der Waals surface area (Å²) in [6.45, 7) is 0.853. The summed E-state index contributed by atoms with van der Waals surface area (Å²) in [5.41, 5.74) is 0.798. The Labute approximate surface area is 132 Å². The van der Waals surface area contributed by atoms with Crippen molar-refractivity contribution in [1.29, 1.82) is 0 Å². The number of ether oxygens (including phenoxy) is 1. The Morgan fingerprint density at radius 1 is 1.24 bits per heavy atom. The number of halogens is 1. The molecule has 0 fully saturated rings. The van der Waals surface area contributed by atoms with Crippen LogP contribution in [0, 0.1) is 0 Å². The molecule has 0 atom stereocenters. The number of methoxy groups -OCH3 is 1. The fourth-order valence-electron chi connectivity index (χ4n) is 1.82. The molecule has 0 amide bonds. The summed E-state index contributed by atoms with van der Waals surface area (Å²) in [7, 11) is -2.03. The van der Waals surface area contributed by atoms with Crippen molar-refractivity contribution in [2.45, 2.75) is 11.4 Å². The molecule has 1 heterocycles. The van der Waals surface area contributed by atoms with E-state index in [-0.39, 0.29) is 18.0 Å². The number of hydrogen-bond acceptors (Lipinski definition) is 4. The minimum atomic E-state index is -3.58. The second-order valence-electron chi connectivity index (χ2n) is 4.42. The summed E-state index contributed by atoms with van der Waals surface area (Å²) in [6, 6.07) is 8.32. The number of nitrogens with zero attached hydrogens (tertiary/aromatic N) is 1. The molecule has 0 saturated heterocycles. The number of benzene rings is 1. The van der Waals surface area contributed by atoms with Crippen LogP contribution in [0.15, 0.2) is 56.6 Å². The van der Waals surface area contributed by atoms with Crippen LogP contribution >= 0.6 is 15.9 Å². The van der Waals surface area contributed by atoms with Gasteiger partial charge in [-0.05, 0) is 30.3 Å². The van der Waals surface area contributed by atoms with E-state index in [0.29, 0.717) is 6.61 Å². The van der Waals surface area contributed by atoms with E-state index in [1.807, 2.05) is 0 Å². The van der Waals surface area contributed by atoms with E-state index in [1.165, 1.54) is 16.8 Å². The molecule has 1 aromatic heterocycles. The molecular weight excluding hydrogens is 358 g/mol. The largest absolute Gasteiger partial charge is 0.472 e. The molecule has 2 aromatic rings. The zero-order valence-corrected chi connectivity index (χ0v) is 13.9. The Kier molecular flexibility index (Phi) is 5.58. The lowest BCUT2D eigenvalue weighted by Gasteiger charge is -2.21. The fraction of sp³-hybridized carbons (Fsp3) is 0.286. The third-order valence-electron chi connectivity index (χ3n) is 2.94. The summed E-state index contributed by atoms with van der Waals surface area (Å²) in [5.74, 6) is 0. The van der Waals surface area contributed by atoms with Crippen molar-refractivity contribution in [2.75, 3.05) is 20.3 Å². The van der Waals surface area contributed by atoms with Crippen molar-refractivity contribution in [1.82, 2.24) is 4.31 Å². The van der Waals surface area contributed by atoms with Gasteiger partial charge in [-0.1, -0.05) is 15.9 Å². The second-order valence-corrected chi connectivity index (χ2v) is 7.27. The predicted molar refractivity (Wildman–Crippen MR) is 82.3 cm³/mol. The average molecular weight is 374 g/mol. The zero-order valence-electron chi connectivity index (χ0n) is 11.5. The van der Waals surface area contributed by atoms with Crippen LogP contribution in [-0.4, -0.2) is 33.0 Å². The van der Waals surface area contributed by atoms with Gasteiger partial charge in [0.2, 0.25) is 10.0 Å². The molecule has 0 N–H and O–H groups in total. The molecular formula is C14H16BrNO4S. The van der Waals surface area contributed by atoms with Gasteiger partial charge in [-0.15, -0.1) is 0 Å². The third-order valence-corrected chi connectivity index (χ3v) is 5.32. The SMILES string of the molecule is COCCN(Cc1ccoc1)S(=O)(=O)c1ccc(Br)cc1. The van der Waals surface area contributed by atoms with Gasteiger partial charge < -0.3 is 9.15 Å². The first-order chi connectivity index (χ1) is 10.0. The Bertz CT molecular complexity index is 653. The van der Waals surface area contributed by atoms with Crippen molar-refractivity contribution in [3.8, 4) is 0 Å². The molecule has 0 aliphatic rings. The highest BCUT2D eigenvalue weighted by atomic mass is 79.9. The van der Waals surface area contributed by atoms with E-state index < -0.39 is 10.0 Å². The van der Waals surface area contributed by atoms with Crippen LogP contribution in [-0.2, 0) is 21.3 Å². The Balaban J connectivity index is 2.27. The minimum Gasteiger partial charge on any atom is -0.472 e. The fourth-order valence-corrected chi connectivity index (χ4v) is 3.50. The predicted octanol–water partition coefficient (Wildman–Crippen LogP) is 2.88. The highest BCUT2D eigenvalue weighted by Gasteiger charge is 2.24. The maximum absolute atomic E-state index is 12.7. The van der Waals surface area contributed by atoms with Gasteiger partial charge >= 0.3 is 0 Å². The van der Waals surface area contributed by atoms with Crippen LogP contribution in [0.25, 0.3) is 0 Å². The van der Waals surface area contributed by atoms with E-state index in [4.69, 9.17) is 9.15 Å². The van der Waals surface area contributed by atoms with Gasteiger partial charge in [0.15, 0.2) is 0 Å². The van der Waals surface area contributed by atoms with E-state index in [2.05, 4.69) is 15.9 Å². The molecule has 0 unspecified atom stereocenters. The van der Waals surface area contributed by atoms with Crippen LogP contribution in [0.4, 0.5) is 0 Å². The monoisotopic (exact) mass is 373 g/mol. The molecule has 0 aliphatic carbocycles. The third kappa shape index (κ3) is 4.16. The van der Waals surface area contributed by atoms with Crippen LogP contribution in [0.5, 0.6) is 0 Å². The van der Waals surface area contributed by atoms with Gasteiger partial charge in [-0.2, -0.15) is 4.31 Å². The highest BCUT2D eigenvalue weighted by Crippen LogP contribution is 2.20. The molecule has 21 heavy (non-hydrogen) atoms. The topological polar surface area (TPSA) is 59.8 Å². The maximum atomic E-state index is 12.7. The lowest BCUT2D eigenvalue weighted by Crippen LogP contribution is -2.33. The lowest BCUT2D eigenvalue weighted by molar-refractivity contribution is 0.177. The number of furan rings is 1. The molecule has 0 bridgehead atoms. The normalized spacial score (nSPS) is 12.0. The second kappa shape index (κ2) is 7.22. The smallest absolute Gasteiger partial charge is 0.243 e. The molecule has 2 rings (SSSR count). The van der Waals surface area contributed by atoms with Crippen LogP contribution in [0.1, 0.15) is 5.56 Å². The number of rotatable bonds is 7. The maximum Gasteiger partial charge on any atom is 0.243 e. The van der Waals surface area contributed by atoms with Crippen molar-refractivity contribution < 1.29 is 17.6 Å². The van der Waals surface area contributed by atoms with E-state index >= 15 is 0 Å². The van der Waals surface area contributed by atoms with Crippen LogP contribution in [0.2, 0.25) is 0 Å². The Morgan fingerprint density at radius 3 is 2.52 bits per heavy atom. The quantitative estimate of drug-likeness (QED) is 0.748. The van der Waals surface area contributed by atoms with Crippen molar-refractivity contribution in [2.24, 2.45) is 0 Å². The molecule has 0 spiro atoms. The van der Waals surface area contributed by atoms with Crippen LogP contribution < -0.4 is 0 Å². The highest BCUT2D eigenvalue weighted by molar-refractivity contribution is 9.10. The molecule has 0 radical (unpaired) electrons. The Hall–Kier alpha value is -1.15. The molecule has 7 heteroatoms. The van der Waals surface area contributed by atoms with Gasteiger partial charge in [-0.3, -0.25) is 0 Å². The van der Waals surface area contributed by atoms with E-state index in [0.717, 1.165) is 10.0 Å². The lowest BCUT2D eigenvalue weighted by atomic mass is 10.3. The summed E-state index contributed by atoms with van der Waals surface area (Å²) >= 11 is 3.30. The standard InChI is InChI=1S/C14H16BrNO4S/c1-19-9-7-16(10-12-6-8-20-11-12)21(17,18)14-4-2-13(15)3-5-14/h2-6,8,11H,7,9-10H2,1H3. The van der Waals surface area contributed by atoms with Gasteiger partial charge in [0.1, 0.15) is 0 Å². The average Bonchev–Trinajstić information content (AvgIpc) is 2.96. The first-order valence-electron chi connectivity index (χ1n) is 6.30. The van der Waals surface area contributed by atoms with Crippen molar-refractivity contribution in [3.63, 3.8) is 0 Å². The first kappa shape index (κ1) is 16.2. The van der Waals surface area contributed by atoms with Gasteiger partial charge in [0.05, 0.1) is 24.0 Å². The van der Waals surface area contributed by atoms with E-state index in [9.17, 15) is 8.42 Å². The van der Waals surface area contributed by atoms with Crippen molar-refractivity contribution in [3.05, 3.63) is 52.9 Å². The number of hydrogen-bond donors (Lipinski definition) is 0. The molecule has 0 aliphatic heterocycles.